The van der Waals surface area contributed by atoms with Gasteiger partial charge >= 0.3 is 17.9 Å². The summed E-state index contributed by atoms with van der Waals surface area (Å²) in [4.78, 5) is 119. The minimum Gasteiger partial charge on any atom is -0.480 e. The summed E-state index contributed by atoms with van der Waals surface area (Å²) in [7, 11) is -4.63. The number of amides is 3. The van der Waals surface area contributed by atoms with Crippen molar-refractivity contribution < 1.29 is 52.5 Å². The number of carbonyl (C=O) groups excluding carboxylic acids is 3. The SMILES string of the molecule is CCc1c(-c2cncc(C(C)c3ccc(C(=O)Nc4ccc(=O)n(CC(=O)O)c4)cc3-c3ccccc3)c2)cc(C(=O)Nc2ccc(=O)n(CC(=O)O)c2)cc1N(CCC(=O)Nc1ccc(=O)n(CC(=O)O)c1)S(=O)(=O)c1ccc(C(C)C)cc1. The molecule has 1 unspecified atom stereocenters. The van der Waals surface area contributed by atoms with E-state index in [0.29, 0.717) is 27.8 Å². The van der Waals surface area contributed by atoms with Gasteiger partial charge in [0.2, 0.25) is 5.91 Å². The fourth-order valence-corrected chi connectivity index (χ4v) is 11.1. The maximum Gasteiger partial charge on any atom is 0.323 e. The van der Waals surface area contributed by atoms with Gasteiger partial charge in [0.25, 0.3) is 38.5 Å². The van der Waals surface area contributed by atoms with Crippen LogP contribution in [0.4, 0.5) is 22.7 Å². The topological polar surface area (TPSA) is 315 Å². The second-order valence-electron chi connectivity index (χ2n) is 20.1. The van der Waals surface area contributed by atoms with E-state index in [1.807, 2.05) is 57.2 Å². The van der Waals surface area contributed by atoms with Crippen molar-refractivity contribution >= 4 is 68.4 Å². The number of aliphatic carboxylic acids is 3. The molecule has 3 amide bonds. The number of carboxylic acids is 3. The average molecular weight is 1170 g/mol. The molecule has 6 N–H and O–H groups in total. The number of hydrogen-bond donors (Lipinski definition) is 6. The minimum atomic E-state index is -4.63. The van der Waals surface area contributed by atoms with Gasteiger partial charge < -0.3 is 45.0 Å². The summed E-state index contributed by atoms with van der Waals surface area (Å²) >= 11 is 0. The first-order chi connectivity index (χ1) is 40.5. The van der Waals surface area contributed by atoms with Crippen LogP contribution in [-0.2, 0) is 55.3 Å². The second-order valence-corrected chi connectivity index (χ2v) is 22.0. The Labute approximate surface area is 486 Å². The third kappa shape index (κ3) is 14.6. The highest BCUT2D eigenvalue weighted by molar-refractivity contribution is 7.92. The molecule has 0 aliphatic heterocycles. The molecule has 0 radical (unpaired) electrons. The van der Waals surface area contributed by atoms with Crippen molar-refractivity contribution in [2.45, 2.75) is 76.9 Å². The first-order valence-electron chi connectivity index (χ1n) is 26.6. The summed E-state index contributed by atoms with van der Waals surface area (Å²) in [6.45, 7) is 5.07. The Morgan fingerprint density at radius 2 is 1.08 bits per heavy atom. The molecular formula is C62H58N8O14S. The largest absolute Gasteiger partial charge is 0.480 e. The lowest BCUT2D eigenvalue weighted by Crippen LogP contribution is -2.35. The van der Waals surface area contributed by atoms with E-state index >= 15 is 8.42 Å². The van der Waals surface area contributed by atoms with Crippen molar-refractivity contribution in [2.24, 2.45) is 0 Å². The Balaban J connectivity index is 1.25. The van der Waals surface area contributed by atoms with Gasteiger partial charge in [0, 0.05) is 84.8 Å². The maximum atomic E-state index is 15.3. The Hall–Kier alpha value is -10.6. The molecule has 0 saturated heterocycles. The highest BCUT2D eigenvalue weighted by atomic mass is 32.2. The predicted molar refractivity (Wildman–Crippen MR) is 318 cm³/mol. The lowest BCUT2D eigenvalue weighted by atomic mass is 9.85. The van der Waals surface area contributed by atoms with Gasteiger partial charge in [-0.25, -0.2) is 8.42 Å². The first-order valence-corrected chi connectivity index (χ1v) is 28.1. The molecule has 23 heteroatoms. The van der Waals surface area contributed by atoms with E-state index in [9.17, 15) is 58.5 Å². The summed E-state index contributed by atoms with van der Waals surface area (Å²) in [5.74, 6) is -6.34. The molecule has 4 aromatic heterocycles. The zero-order valence-corrected chi connectivity index (χ0v) is 47.2. The summed E-state index contributed by atoms with van der Waals surface area (Å²) < 4.78 is 34.4. The highest BCUT2D eigenvalue weighted by Gasteiger charge is 2.31. The van der Waals surface area contributed by atoms with Gasteiger partial charge in [0.1, 0.15) is 19.6 Å². The number of sulfonamides is 1. The van der Waals surface area contributed by atoms with Gasteiger partial charge in [-0.1, -0.05) is 76.2 Å². The Morgan fingerprint density at radius 3 is 1.60 bits per heavy atom. The van der Waals surface area contributed by atoms with Crippen LogP contribution in [0.25, 0.3) is 22.3 Å². The number of benzene rings is 4. The lowest BCUT2D eigenvalue weighted by Gasteiger charge is -2.29. The molecule has 22 nitrogen and oxygen atoms in total. The number of nitrogens with one attached hydrogen (secondary N) is 3. The van der Waals surface area contributed by atoms with Crippen molar-refractivity contribution in [3.63, 3.8) is 0 Å². The molecule has 4 heterocycles. The van der Waals surface area contributed by atoms with E-state index in [1.54, 1.807) is 55.7 Å². The van der Waals surface area contributed by atoms with Crippen LogP contribution in [0.15, 0.2) is 178 Å². The third-order valence-corrected chi connectivity index (χ3v) is 15.7. The van der Waals surface area contributed by atoms with E-state index in [4.69, 9.17) is 0 Å². The number of anilines is 4. The monoisotopic (exact) mass is 1170 g/mol. The summed E-state index contributed by atoms with van der Waals surface area (Å²) in [5, 5.41) is 36.3. The quantitative estimate of drug-likeness (QED) is 0.0357. The van der Waals surface area contributed by atoms with Crippen molar-refractivity contribution in [1.29, 1.82) is 0 Å². The predicted octanol–water partition coefficient (Wildman–Crippen LogP) is 7.72. The molecule has 0 saturated carbocycles. The van der Waals surface area contributed by atoms with Gasteiger partial charge in [0.05, 0.1) is 27.6 Å². The molecule has 0 bridgehead atoms. The maximum absolute atomic E-state index is 15.3. The number of carboxylic acid groups (broad SMARTS) is 3. The van der Waals surface area contributed by atoms with Gasteiger partial charge in [-0.15, -0.1) is 0 Å². The molecule has 0 aliphatic carbocycles. The standard InChI is InChI=1S/C62H58N8O14S/c1-5-49-52(44-25-43(29-63-30-44)38(4)50-19-13-41(26-51(50)40-9-7-6-8-10-40)61(81)65-46-15-21-56(73)68(32-46)35-59(77)78)27-42(62(82)66-47-16-22-57(74)69(33-47)36-60(79)80)28-53(49)70(85(83,84)48-17-11-39(12-18-48)37(2)3)24-23-54(71)64-45-14-20-55(72)67(31-45)34-58(75)76/h6-22,25-33,37-38H,5,23-24,34-36H2,1-4H3,(H,64,71)(H,65,81)(H,66,82)(H,75,76)(H,77,78)(H,79,80). The van der Waals surface area contributed by atoms with Crippen molar-refractivity contribution in [1.82, 2.24) is 18.7 Å². The van der Waals surface area contributed by atoms with Crippen molar-refractivity contribution in [2.75, 3.05) is 26.8 Å². The molecule has 0 spiro atoms. The van der Waals surface area contributed by atoms with Crippen LogP contribution in [0.5, 0.6) is 0 Å². The van der Waals surface area contributed by atoms with Gasteiger partial charge in [-0.05, 0) is 112 Å². The number of pyridine rings is 4. The summed E-state index contributed by atoms with van der Waals surface area (Å²) in [6.07, 6.45) is 6.39. The van der Waals surface area contributed by atoms with Crippen LogP contribution in [-0.4, -0.2) is 84.6 Å². The second kappa shape index (κ2) is 26.1. The molecule has 436 valence electrons. The zero-order chi connectivity index (χ0) is 61.3. The Morgan fingerprint density at radius 1 is 0.565 bits per heavy atom. The van der Waals surface area contributed by atoms with Crippen LogP contribution in [0.2, 0.25) is 0 Å². The summed E-state index contributed by atoms with van der Waals surface area (Å²) in [5.41, 5.74) is 3.42. The van der Waals surface area contributed by atoms with E-state index in [1.165, 1.54) is 42.6 Å². The van der Waals surface area contributed by atoms with Gasteiger partial charge in [0.15, 0.2) is 0 Å². The molecular weight excluding hydrogens is 1110 g/mol. The normalized spacial score (nSPS) is 11.6. The molecule has 0 fully saturated rings. The van der Waals surface area contributed by atoms with E-state index in [0.717, 1.165) is 65.3 Å². The molecule has 85 heavy (non-hydrogen) atoms. The van der Waals surface area contributed by atoms with Crippen molar-refractivity contribution in [3.8, 4) is 22.3 Å². The fraction of sp³-hybridized carbons (Fsp3) is 0.194. The zero-order valence-electron chi connectivity index (χ0n) is 46.4. The van der Waals surface area contributed by atoms with Crippen LogP contribution in [0.3, 0.4) is 0 Å². The fourth-order valence-electron chi connectivity index (χ4n) is 9.58. The van der Waals surface area contributed by atoms with Gasteiger partial charge in [-0.3, -0.25) is 52.4 Å². The Bertz CT molecular complexity index is 4220. The molecule has 0 aliphatic rings. The minimum absolute atomic E-state index is 0.00361. The van der Waals surface area contributed by atoms with E-state index in [-0.39, 0.29) is 51.1 Å². The molecule has 1 atom stereocenters. The number of rotatable bonds is 23. The van der Waals surface area contributed by atoms with E-state index < -0.39 is 101 Å². The third-order valence-electron chi connectivity index (χ3n) is 13.9. The Kier molecular flexibility index (Phi) is 18.6. The smallest absolute Gasteiger partial charge is 0.323 e. The lowest BCUT2D eigenvalue weighted by molar-refractivity contribution is -0.138. The van der Waals surface area contributed by atoms with Crippen LogP contribution < -0.4 is 36.9 Å². The highest BCUT2D eigenvalue weighted by Crippen LogP contribution is 2.40. The van der Waals surface area contributed by atoms with Gasteiger partial charge in [-0.2, -0.15) is 0 Å². The number of carbonyl (C=O) groups is 6. The van der Waals surface area contributed by atoms with Crippen LogP contribution in [0, 0.1) is 0 Å². The van der Waals surface area contributed by atoms with Crippen molar-refractivity contribution in [3.05, 3.63) is 223 Å². The molecule has 8 rings (SSSR count). The average Bonchev–Trinajstić information content (AvgIpc) is 1.57. The summed E-state index contributed by atoms with van der Waals surface area (Å²) in [6, 6.07) is 32.6. The number of nitrogens with zero attached hydrogens (tertiary/aromatic N) is 5. The van der Waals surface area contributed by atoms with E-state index in [2.05, 4.69) is 20.9 Å². The number of hydrogen-bond acceptors (Lipinski definition) is 12. The molecule has 4 aromatic carbocycles. The van der Waals surface area contributed by atoms with Crippen LogP contribution >= 0.6 is 0 Å². The molecule has 8 aromatic rings. The van der Waals surface area contributed by atoms with Crippen LogP contribution in [0.1, 0.15) is 88.9 Å². The number of aromatic nitrogens is 4. The first kappa shape index (κ1) is 60.5.